The topological polar surface area (TPSA) is 75.4 Å². The van der Waals surface area contributed by atoms with Crippen LogP contribution >= 0.6 is 0 Å². The van der Waals surface area contributed by atoms with Crippen molar-refractivity contribution < 1.29 is 9.32 Å². The number of likely N-dealkylation sites (N-methyl/N-ethyl adjacent to an activating group) is 2. The molecule has 0 atom stereocenters. The minimum absolute atomic E-state index is 0.00244. The fraction of sp³-hybridized carbons (Fsp3) is 0.467. The minimum atomic E-state index is 0.00244. The van der Waals surface area contributed by atoms with Gasteiger partial charge in [-0.3, -0.25) is 14.7 Å². The monoisotopic (exact) mass is 303 g/mol. The van der Waals surface area contributed by atoms with Crippen LogP contribution in [0.1, 0.15) is 24.2 Å². The van der Waals surface area contributed by atoms with Crippen molar-refractivity contribution in [3.05, 3.63) is 41.8 Å². The summed E-state index contributed by atoms with van der Waals surface area (Å²) in [5, 5.41) is 3.82. The average molecular weight is 303 g/mol. The highest BCUT2D eigenvalue weighted by Crippen LogP contribution is 2.04. The van der Waals surface area contributed by atoms with E-state index in [0.29, 0.717) is 31.3 Å². The van der Waals surface area contributed by atoms with Crippen LogP contribution in [-0.4, -0.2) is 51.5 Å². The Bertz CT molecular complexity index is 599. The molecule has 7 nitrogen and oxygen atoms in total. The molecule has 2 rings (SSSR count). The Morgan fingerprint density at radius 3 is 2.77 bits per heavy atom. The van der Waals surface area contributed by atoms with Crippen molar-refractivity contribution in [2.75, 3.05) is 20.6 Å². The molecule has 0 unspecified atom stereocenters. The quantitative estimate of drug-likeness (QED) is 0.763. The Balaban J connectivity index is 1.82. The molecule has 7 heteroatoms. The Hall–Kier alpha value is -2.28. The predicted molar refractivity (Wildman–Crippen MR) is 80.7 cm³/mol. The van der Waals surface area contributed by atoms with Crippen LogP contribution < -0.4 is 0 Å². The second-order valence-electron chi connectivity index (χ2n) is 5.24. The van der Waals surface area contributed by atoms with Crippen LogP contribution in [0.2, 0.25) is 0 Å². The van der Waals surface area contributed by atoms with E-state index in [4.69, 9.17) is 4.52 Å². The Morgan fingerprint density at radius 2 is 2.14 bits per heavy atom. The lowest BCUT2D eigenvalue weighted by Gasteiger charge is -2.20. The smallest absolute Gasteiger partial charge is 0.246 e. The van der Waals surface area contributed by atoms with Gasteiger partial charge in [-0.05, 0) is 18.7 Å². The van der Waals surface area contributed by atoms with E-state index in [0.717, 1.165) is 12.0 Å². The molecule has 0 saturated heterocycles. The Morgan fingerprint density at radius 1 is 1.32 bits per heavy atom. The molecule has 0 bridgehead atoms. The molecule has 0 radical (unpaired) electrons. The fourth-order valence-corrected chi connectivity index (χ4v) is 2.00. The van der Waals surface area contributed by atoms with Gasteiger partial charge in [-0.2, -0.15) is 4.98 Å². The summed E-state index contributed by atoms with van der Waals surface area (Å²) < 4.78 is 5.10. The number of carbonyl (C=O) groups excluding carboxylic acids is 1. The van der Waals surface area contributed by atoms with Crippen molar-refractivity contribution in [1.82, 2.24) is 24.9 Å². The third kappa shape index (κ3) is 4.63. The number of aromatic nitrogens is 3. The molecule has 0 saturated carbocycles. The number of rotatable bonds is 7. The van der Waals surface area contributed by atoms with Gasteiger partial charge in [0.05, 0.1) is 13.1 Å². The third-order valence-corrected chi connectivity index (χ3v) is 3.21. The molecule has 0 fully saturated rings. The molecule has 118 valence electrons. The van der Waals surface area contributed by atoms with E-state index in [1.54, 1.807) is 24.3 Å². The van der Waals surface area contributed by atoms with Crippen LogP contribution in [0.3, 0.4) is 0 Å². The molecule has 0 aliphatic carbocycles. The van der Waals surface area contributed by atoms with Crippen LogP contribution in [0, 0.1) is 0 Å². The highest BCUT2D eigenvalue weighted by Gasteiger charge is 2.15. The summed E-state index contributed by atoms with van der Waals surface area (Å²) in [6.07, 6.45) is 4.25. The SMILES string of the molecule is CCc1noc(CN(C)C(=O)CN(C)Cc2cccnc2)n1. The average Bonchev–Trinajstić information content (AvgIpc) is 2.95. The molecule has 2 aromatic heterocycles. The van der Waals surface area contributed by atoms with E-state index < -0.39 is 0 Å². The number of aryl methyl sites for hydroxylation is 1. The number of pyridine rings is 1. The maximum absolute atomic E-state index is 12.2. The van der Waals surface area contributed by atoms with Gasteiger partial charge in [0.1, 0.15) is 0 Å². The summed E-state index contributed by atoms with van der Waals surface area (Å²) in [5.74, 6) is 1.12. The molecular weight excluding hydrogens is 282 g/mol. The van der Waals surface area contributed by atoms with Crippen LogP contribution in [0.25, 0.3) is 0 Å². The summed E-state index contributed by atoms with van der Waals surface area (Å²) in [4.78, 5) is 24.0. The first-order valence-corrected chi connectivity index (χ1v) is 7.21. The molecule has 0 aromatic carbocycles. The highest BCUT2D eigenvalue weighted by molar-refractivity contribution is 5.77. The standard InChI is InChI=1S/C15H21N5O2/c1-4-13-17-14(22-18-13)10-20(3)15(21)11-19(2)9-12-6-5-7-16-8-12/h5-8H,4,9-11H2,1-3H3. The van der Waals surface area contributed by atoms with Crippen molar-refractivity contribution in [2.24, 2.45) is 0 Å². The summed E-state index contributed by atoms with van der Waals surface area (Å²) in [5.41, 5.74) is 1.07. The van der Waals surface area contributed by atoms with Gasteiger partial charge in [0, 0.05) is 32.4 Å². The summed E-state index contributed by atoms with van der Waals surface area (Å²) >= 11 is 0. The highest BCUT2D eigenvalue weighted by atomic mass is 16.5. The van der Waals surface area contributed by atoms with Gasteiger partial charge in [-0.15, -0.1) is 0 Å². The van der Waals surface area contributed by atoms with Gasteiger partial charge in [-0.1, -0.05) is 18.1 Å². The zero-order chi connectivity index (χ0) is 15.9. The molecule has 0 N–H and O–H groups in total. The lowest BCUT2D eigenvalue weighted by Crippen LogP contribution is -2.36. The van der Waals surface area contributed by atoms with E-state index in [9.17, 15) is 4.79 Å². The second-order valence-corrected chi connectivity index (χ2v) is 5.24. The molecule has 0 aliphatic rings. The zero-order valence-electron chi connectivity index (χ0n) is 13.2. The van der Waals surface area contributed by atoms with Crippen LogP contribution in [0.15, 0.2) is 29.0 Å². The fourth-order valence-electron chi connectivity index (χ4n) is 2.00. The van der Waals surface area contributed by atoms with Gasteiger partial charge in [-0.25, -0.2) is 0 Å². The Kier molecular flexibility index (Phi) is 5.60. The van der Waals surface area contributed by atoms with Crippen LogP contribution in [0.5, 0.6) is 0 Å². The first kappa shape index (κ1) is 16.1. The first-order chi connectivity index (χ1) is 10.6. The molecule has 0 aliphatic heterocycles. The van der Waals surface area contributed by atoms with E-state index in [1.807, 2.05) is 31.0 Å². The largest absolute Gasteiger partial charge is 0.337 e. The molecule has 22 heavy (non-hydrogen) atoms. The lowest BCUT2D eigenvalue weighted by atomic mass is 10.2. The van der Waals surface area contributed by atoms with Gasteiger partial charge in [0.15, 0.2) is 5.82 Å². The van der Waals surface area contributed by atoms with E-state index in [1.165, 1.54) is 0 Å². The molecule has 1 amide bonds. The number of hydrogen-bond acceptors (Lipinski definition) is 6. The van der Waals surface area contributed by atoms with Crippen molar-refractivity contribution in [3.8, 4) is 0 Å². The molecule has 0 spiro atoms. The van der Waals surface area contributed by atoms with E-state index in [2.05, 4.69) is 15.1 Å². The predicted octanol–water partition coefficient (Wildman–Crippen LogP) is 1.12. The molecular formula is C15H21N5O2. The summed E-state index contributed by atoms with van der Waals surface area (Å²) in [6, 6.07) is 3.88. The number of amides is 1. The number of nitrogens with zero attached hydrogens (tertiary/aromatic N) is 5. The second kappa shape index (κ2) is 7.65. The van der Waals surface area contributed by atoms with Crippen molar-refractivity contribution in [1.29, 1.82) is 0 Å². The number of carbonyl (C=O) groups is 1. The van der Waals surface area contributed by atoms with Gasteiger partial charge in [0.25, 0.3) is 0 Å². The Labute approximate surface area is 129 Å². The van der Waals surface area contributed by atoms with Crippen LogP contribution in [-0.2, 0) is 24.3 Å². The van der Waals surface area contributed by atoms with Crippen molar-refractivity contribution in [3.63, 3.8) is 0 Å². The zero-order valence-corrected chi connectivity index (χ0v) is 13.2. The minimum Gasteiger partial charge on any atom is -0.337 e. The lowest BCUT2D eigenvalue weighted by molar-refractivity contribution is -0.131. The summed E-state index contributed by atoms with van der Waals surface area (Å²) in [7, 11) is 3.64. The number of hydrogen-bond donors (Lipinski definition) is 0. The van der Waals surface area contributed by atoms with E-state index >= 15 is 0 Å². The van der Waals surface area contributed by atoms with Crippen molar-refractivity contribution in [2.45, 2.75) is 26.4 Å². The molecule has 2 aromatic rings. The van der Waals surface area contributed by atoms with Gasteiger partial charge < -0.3 is 9.42 Å². The maximum atomic E-state index is 12.2. The van der Waals surface area contributed by atoms with Crippen LogP contribution in [0.4, 0.5) is 0 Å². The normalized spacial score (nSPS) is 10.9. The summed E-state index contributed by atoms with van der Waals surface area (Å²) in [6.45, 7) is 3.28. The van der Waals surface area contributed by atoms with E-state index in [-0.39, 0.29) is 5.91 Å². The third-order valence-electron chi connectivity index (χ3n) is 3.21. The first-order valence-electron chi connectivity index (χ1n) is 7.21. The maximum Gasteiger partial charge on any atom is 0.246 e. The van der Waals surface area contributed by atoms with Gasteiger partial charge >= 0.3 is 0 Å². The van der Waals surface area contributed by atoms with Crippen molar-refractivity contribution >= 4 is 5.91 Å². The molecule has 2 heterocycles. The van der Waals surface area contributed by atoms with Gasteiger partial charge in [0.2, 0.25) is 11.8 Å².